The monoisotopic (exact) mass is 341 g/mol. The summed E-state index contributed by atoms with van der Waals surface area (Å²) in [5.74, 6) is 0. The second kappa shape index (κ2) is 5.18. The van der Waals surface area contributed by atoms with E-state index in [2.05, 4.69) is 20.9 Å². The summed E-state index contributed by atoms with van der Waals surface area (Å²) in [6.07, 6.45) is 2.84. The van der Waals surface area contributed by atoms with Crippen molar-refractivity contribution in [2.75, 3.05) is 17.1 Å². The summed E-state index contributed by atoms with van der Waals surface area (Å²) in [7, 11) is -2.14. The summed E-state index contributed by atoms with van der Waals surface area (Å²) >= 11 is 3.21. The molecule has 0 spiro atoms. The van der Waals surface area contributed by atoms with Gasteiger partial charge in [0.25, 0.3) is 10.0 Å². The lowest BCUT2D eigenvalue weighted by molar-refractivity contribution is 0.594. The molecule has 0 saturated heterocycles. The van der Waals surface area contributed by atoms with Crippen LogP contribution in [0.4, 0.5) is 11.4 Å². The molecular formula is C12H12BrN3O2S. The first kappa shape index (κ1) is 13.8. The van der Waals surface area contributed by atoms with E-state index in [1.807, 2.05) is 0 Å². The van der Waals surface area contributed by atoms with Crippen LogP contribution in [0.15, 0.2) is 52.1 Å². The van der Waals surface area contributed by atoms with Crippen molar-refractivity contribution in [3.63, 3.8) is 0 Å². The van der Waals surface area contributed by atoms with Gasteiger partial charge in [-0.2, -0.15) is 0 Å². The first-order valence-corrected chi connectivity index (χ1v) is 7.59. The molecule has 19 heavy (non-hydrogen) atoms. The number of nitrogens with two attached hydrogens (primary N) is 1. The number of sulfonamides is 1. The Balaban J connectivity index is 2.42. The number of halogens is 1. The van der Waals surface area contributed by atoms with Gasteiger partial charge in [0.2, 0.25) is 0 Å². The highest BCUT2D eigenvalue weighted by atomic mass is 79.9. The van der Waals surface area contributed by atoms with Crippen LogP contribution in [0.1, 0.15) is 0 Å². The minimum absolute atomic E-state index is 0.126. The molecule has 1 aromatic heterocycles. The Bertz CT molecular complexity index is 686. The highest BCUT2D eigenvalue weighted by Gasteiger charge is 2.21. The van der Waals surface area contributed by atoms with Crippen LogP contribution in [0, 0.1) is 0 Å². The fraction of sp³-hybridized carbons (Fsp3) is 0.0833. The molecule has 2 aromatic rings. The molecule has 0 aliphatic rings. The van der Waals surface area contributed by atoms with Gasteiger partial charge in [0.05, 0.1) is 5.69 Å². The van der Waals surface area contributed by atoms with E-state index in [4.69, 9.17) is 5.73 Å². The van der Waals surface area contributed by atoms with Gasteiger partial charge in [-0.25, -0.2) is 8.42 Å². The highest BCUT2D eigenvalue weighted by Crippen LogP contribution is 2.23. The number of pyridine rings is 1. The number of aromatic nitrogens is 1. The highest BCUT2D eigenvalue weighted by molar-refractivity contribution is 9.10. The Morgan fingerprint density at radius 2 is 1.84 bits per heavy atom. The topological polar surface area (TPSA) is 76.3 Å². The molecule has 1 aromatic carbocycles. The van der Waals surface area contributed by atoms with Crippen molar-refractivity contribution in [3.8, 4) is 0 Å². The number of nitrogen functional groups attached to an aromatic ring is 1. The van der Waals surface area contributed by atoms with Crippen molar-refractivity contribution in [1.82, 2.24) is 4.98 Å². The maximum absolute atomic E-state index is 12.4. The molecule has 1 heterocycles. The fourth-order valence-corrected chi connectivity index (χ4v) is 3.22. The van der Waals surface area contributed by atoms with Crippen LogP contribution in [0.5, 0.6) is 0 Å². The lowest BCUT2D eigenvalue weighted by Crippen LogP contribution is -2.26. The van der Waals surface area contributed by atoms with Crippen molar-refractivity contribution < 1.29 is 8.42 Å². The molecule has 5 nitrogen and oxygen atoms in total. The number of hydrogen-bond donors (Lipinski definition) is 1. The van der Waals surface area contributed by atoms with E-state index in [1.165, 1.54) is 29.8 Å². The molecule has 0 atom stereocenters. The first-order chi connectivity index (χ1) is 8.91. The van der Waals surface area contributed by atoms with Gasteiger partial charge >= 0.3 is 0 Å². The van der Waals surface area contributed by atoms with Crippen LogP contribution in [-0.2, 0) is 10.0 Å². The van der Waals surface area contributed by atoms with E-state index < -0.39 is 10.0 Å². The normalized spacial score (nSPS) is 11.3. The molecule has 0 fully saturated rings. The molecule has 100 valence electrons. The van der Waals surface area contributed by atoms with E-state index in [1.54, 1.807) is 24.3 Å². The Morgan fingerprint density at radius 1 is 1.21 bits per heavy atom. The minimum atomic E-state index is -3.63. The van der Waals surface area contributed by atoms with Crippen molar-refractivity contribution in [3.05, 3.63) is 47.2 Å². The SMILES string of the molecule is CN(c1ccc(N)cc1)S(=O)(=O)c1cncc(Br)c1. The first-order valence-electron chi connectivity index (χ1n) is 5.36. The predicted octanol–water partition coefficient (Wildman–Crippen LogP) is 2.25. The molecule has 0 bridgehead atoms. The van der Waals surface area contributed by atoms with Gasteiger partial charge in [0.1, 0.15) is 4.90 Å². The van der Waals surface area contributed by atoms with E-state index in [-0.39, 0.29) is 4.90 Å². The lowest BCUT2D eigenvalue weighted by atomic mass is 10.3. The van der Waals surface area contributed by atoms with Crippen LogP contribution in [0.2, 0.25) is 0 Å². The van der Waals surface area contributed by atoms with Gasteiger partial charge < -0.3 is 5.73 Å². The maximum atomic E-state index is 12.4. The molecule has 2 N–H and O–H groups in total. The number of hydrogen-bond acceptors (Lipinski definition) is 4. The molecule has 0 amide bonds. The molecular weight excluding hydrogens is 330 g/mol. The van der Waals surface area contributed by atoms with Crippen LogP contribution in [0.3, 0.4) is 0 Å². The third kappa shape index (κ3) is 2.87. The Morgan fingerprint density at radius 3 is 2.42 bits per heavy atom. The van der Waals surface area contributed by atoms with Crippen LogP contribution >= 0.6 is 15.9 Å². The molecule has 0 unspecified atom stereocenters. The summed E-state index contributed by atoms with van der Waals surface area (Å²) in [4.78, 5) is 3.99. The smallest absolute Gasteiger partial charge is 0.265 e. The van der Waals surface area contributed by atoms with E-state index >= 15 is 0 Å². The van der Waals surface area contributed by atoms with Gasteiger partial charge in [0, 0.05) is 29.6 Å². The van der Waals surface area contributed by atoms with Crippen molar-refractivity contribution in [1.29, 1.82) is 0 Å². The predicted molar refractivity (Wildman–Crippen MR) is 78.4 cm³/mol. The van der Waals surface area contributed by atoms with Crippen LogP contribution < -0.4 is 10.0 Å². The molecule has 7 heteroatoms. The van der Waals surface area contributed by atoms with Gasteiger partial charge in [-0.1, -0.05) is 0 Å². The lowest BCUT2D eigenvalue weighted by Gasteiger charge is -2.19. The molecule has 0 radical (unpaired) electrons. The summed E-state index contributed by atoms with van der Waals surface area (Å²) in [6, 6.07) is 8.12. The second-order valence-electron chi connectivity index (χ2n) is 3.90. The third-order valence-corrected chi connectivity index (χ3v) is 4.78. The quantitative estimate of drug-likeness (QED) is 0.868. The zero-order valence-corrected chi connectivity index (χ0v) is 12.5. The van der Waals surface area contributed by atoms with Crippen molar-refractivity contribution in [2.24, 2.45) is 0 Å². The van der Waals surface area contributed by atoms with E-state index in [0.717, 1.165) is 0 Å². The molecule has 0 aliphatic heterocycles. The average Bonchev–Trinajstić information content (AvgIpc) is 2.39. The number of anilines is 2. The van der Waals surface area contributed by atoms with Gasteiger partial charge in [-0.15, -0.1) is 0 Å². The van der Waals surface area contributed by atoms with Crippen LogP contribution in [-0.4, -0.2) is 20.4 Å². The summed E-state index contributed by atoms with van der Waals surface area (Å²) in [6.45, 7) is 0. The van der Waals surface area contributed by atoms with Gasteiger partial charge in [-0.3, -0.25) is 9.29 Å². The zero-order valence-electron chi connectivity index (χ0n) is 10.1. The summed E-state index contributed by atoms with van der Waals surface area (Å²) in [5, 5.41) is 0. The molecule has 0 aliphatic carbocycles. The van der Waals surface area contributed by atoms with E-state index in [0.29, 0.717) is 15.8 Å². The second-order valence-corrected chi connectivity index (χ2v) is 6.79. The Labute approximate surface area is 120 Å². The third-order valence-electron chi connectivity index (χ3n) is 2.59. The summed E-state index contributed by atoms with van der Waals surface area (Å²) in [5.41, 5.74) is 6.70. The Hall–Kier alpha value is -1.60. The molecule has 2 rings (SSSR count). The number of rotatable bonds is 3. The van der Waals surface area contributed by atoms with Crippen LogP contribution in [0.25, 0.3) is 0 Å². The molecule has 0 saturated carbocycles. The van der Waals surface area contributed by atoms with Crippen molar-refractivity contribution >= 4 is 37.3 Å². The minimum Gasteiger partial charge on any atom is -0.399 e. The van der Waals surface area contributed by atoms with Gasteiger partial charge in [-0.05, 0) is 46.3 Å². The standard InChI is InChI=1S/C12H12BrN3O2S/c1-16(11-4-2-10(14)3-5-11)19(17,18)12-6-9(13)7-15-8-12/h2-8H,14H2,1H3. The zero-order chi connectivity index (χ0) is 14.0. The largest absolute Gasteiger partial charge is 0.399 e. The Kier molecular flexibility index (Phi) is 3.77. The number of benzene rings is 1. The van der Waals surface area contributed by atoms with E-state index in [9.17, 15) is 8.42 Å². The number of nitrogens with zero attached hydrogens (tertiary/aromatic N) is 2. The summed E-state index contributed by atoms with van der Waals surface area (Å²) < 4.78 is 26.6. The van der Waals surface area contributed by atoms with Crippen molar-refractivity contribution in [2.45, 2.75) is 4.90 Å². The average molecular weight is 342 g/mol. The fourth-order valence-electron chi connectivity index (χ4n) is 1.51. The maximum Gasteiger partial charge on any atom is 0.265 e. The van der Waals surface area contributed by atoms with Gasteiger partial charge in [0.15, 0.2) is 0 Å².